The van der Waals surface area contributed by atoms with Crippen molar-refractivity contribution >= 4 is 5.97 Å². The minimum absolute atomic E-state index is 0.100. The predicted octanol–water partition coefficient (Wildman–Crippen LogP) is 0.860. The fourth-order valence-electron chi connectivity index (χ4n) is 0.834. The second kappa shape index (κ2) is 3.08. The summed E-state index contributed by atoms with van der Waals surface area (Å²) in [6.45, 7) is 0.764. The van der Waals surface area contributed by atoms with Gasteiger partial charge in [-0.25, -0.2) is 0 Å². The number of rotatable bonds is 2. The topological polar surface area (TPSA) is 75.1 Å². The van der Waals surface area contributed by atoms with Crippen LogP contribution in [-0.2, 0) is 9.53 Å². The largest absolute Gasteiger partial charge is 0.465 e. The molecular formula is C5H7N3O2. The van der Waals surface area contributed by atoms with E-state index < -0.39 is 0 Å². The van der Waals surface area contributed by atoms with Crippen molar-refractivity contribution in [2.24, 2.45) is 11.0 Å². The molecule has 1 saturated heterocycles. The number of nitrogens with zero attached hydrogens (tertiary/aromatic N) is 3. The Bertz CT molecular complexity index is 185. The molecule has 0 aromatic rings. The standard InChI is InChI=1S/C5H7N3O2/c6-8-7-2-4-1-5(9)10-3-4/h4H,1-3H2. The summed E-state index contributed by atoms with van der Waals surface area (Å²) in [5.74, 6) is -0.0958. The lowest BCUT2D eigenvalue weighted by Crippen LogP contribution is -2.02. The molecule has 0 N–H and O–H groups in total. The molecule has 1 atom stereocenters. The highest BCUT2D eigenvalue weighted by atomic mass is 16.5. The smallest absolute Gasteiger partial charge is 0.306 e. The van der Waals surface area contributed by atoms with Gasteiger partial charge in [0.05, 0.1) is 13.0 Å². The lowest BCUT2D eigenvalue weighted by molar-refractivity contribution is -0.137. The van der Waals surface area contributed by atoms with E-state index in [1.807, 2.05) is 0 Å². The predicted molar refractivity (Wildman–Crippen MR) is 33.1 cm³/mol. The van der Waals surface area contributed by atoms with Gasteiger partial charge in [-0.05, 0) is 5.53 Å². The van der Waals surface area contributed by atoms with Crippen LogP contribution in [0.4, 0.5) is 0 Å². The lowest BCUT2D eigenvalue weighted by Gasteiger charge is -1.95. The van der Waals surface area contributed by atoms with Crippen molar-refractivity contribution in [1.29, 1.82) is 0 Å². The van der Waals surface area contributed by atoms with Crippen LogP contribution in [0.2, 0.25) is 0 Å². The van der Waals surface area contributed by atoms with E-state index in [1.54, 1.807) is 0 Å². The van der Waals surface area contributed by atoms with Crippen molar-refractivity contribution in [3.05, 3.63) is 10.4 Å². The Morgan fingerprint density at radius 3 is 3.20 bits per heavy atom. The average molecular weight is 141 g/mol. The van der Waals surface area contributed by atoms with Gasteiger partial charge in [-0.2, -0.15) is 0 Å². The highest BCUT2D eigenvalue weighted by Gasteiger charge is 2.22. The molecule has 0 amide bonds. The molecule has 0 saturated carbocycles. The summed E-state index contributed by atoms with van der Waals surface area (Å²) in [5.41, 5.74) is 7.93. The molecule has 1 aliphatic heterocycles. The molecule has 0 aromatic carbocycles. The molecule has 1 unspecified atom stereocenters. The van der Waals surface area contributed by atoms with E-state index in [0.717, 1.165) is 0 Å². The summed E-state index contributed by atoms with van der Waals surface area (Å²) >= 11 is 0. The monoisotopic (exact) mass is 141 g/mol. The molecule has 54 valence electrons. The summed E-state index contributed by atoms with van der Waals surface area (Å²) in [7, 11) is 0. The molecule has 0 bridgehead atoms. The maximum Gasteiger partial charge on any atom is 0.306 e. The number of cyclic esters (lactones) is 1. The summed E-state index contributed by atoms with van der Waals surface area (Å²) in [6.07, 6.45) is 0.388. The number of ether oxygens (including phenoxy) is 1. The number of carbonyl (C=O) groups excluding carboxylic acids is 1. The first-order valence-electron chi connectivity index (χ1n) is 2.99. The van der Waals surface area contributed by atoms with E-state index in [-0.39, 0.29) is 11.9 Å². The molecule has 1 aliphatic rings. The first-order chi connectivity index (χ1) is 4.83. The number of azide groups is 1. The van der Waals surface area contributed by atoms with Gasteiger partial charge in [-0.3, -0.25) is 4.79 Å². The van der Waals surface area contributed by atoms with Crippen LogP contribution < -0.4 is 0 Å². The molecule has 0 aliphatic carbocycles. The van der Waals surface area contributed by atoms with E-state index in [9.17, 15) is 4.79 Å². The Labute approximate surface area is 57.6 Å². The number of hydrogen-bond acceptors (Lipinski definition) is 3. The summed E-state index contributed by atoms with van der Waals surface area (Å²) in [4.78, 5) is 13.0. The average Bonchev–Trinajstić information content (AvgIpc) is 2.31. The van der Waals surface area contributed by atoms with Crippen molar-refractivity contribution in [3.63, 3.8) is 0 Å². The van der Waals surface area contributed by atoms with Gasteiger partial charge < -0.3 is 4.74 Å². The number of carbonyl (C=O) groups is 1. The number of esters is 1. The zero-order chi connectivity index (χ0) is 7.40. The van der Waals surface area contributed by atoms with E-state index >= 15 is 0 Å². The van der Waals surface area contributed by atoms with Crippen molar-refractivity contribution in [1.82, 2.24) is 0 Å². The fraction of sp³-hybridized carbons (Fsp3) is 0.800. The van der Waals surface area contributed by atoms with Crippen LogP contribution in [0.3, 0.4) is 0 Å². The van der Waals surface area contributed by atoms with Crippen LogP contribution in [-0.4, -0.2) is 19.1 Å². The molecular weight excluding hydrogens is 134 g/mol. The molecule has 1 rings (SSSR count). The molecule has 0 aromatic heterocycles. The van der Waals surface area contributed by atoms with Gasteiger partial charge in [-0.15, -0.1) is 0 Å². The first kappa shape index (κ1) is 6.89. The third-order valence-electron chi connectivity index (χ3n) is 1.34. The maximum atomic E-state index is 10.5. The second-order valence-corrected chi connectivity index (χ2v) is 2.17. The van der Waals surface area contributed by atoms with Gasteiger partial charge in [0.25, 0.3) is 0 Å². The molecule has 1 heterocycles. The van der Waals surface area contributed by atoms with Crippen molar-refractivity contribution in [2.75, 3.05) is 13.2 Å². The van der Waals surface area contributed by atoms with Crippen LogP contribution in [0.25, 0.3) is 10.4 Å². The Kier molecular flexibility index (Phi) is 2.12. The molecule has 5 nitrogen and oxygen atoms in total. The maximum absolute atomic E-state index is 10.5. The quantitative estimate of drug-likeness (QED) is 0.247. The summed E-state index contributed by atoms with van der Waals surface area (Å²) < 4.78 is 4.64. The van der Waals surface area contributed by atoms with Gasteiger partial charge in [0, 0.05) is 17.4 Å². The molecule has 0 radical (unpaired) electrons. The van der Waals surface area contributed by atoms with Gasteiger partial charge in [0.2, 0.25) is 0 Å². The van der Waals surface area contributed by atoms with Gasteiger partial charge in [0.15, 0.2) is 0 Å². The van der Waals surface area contributed by atoms with Crippen LogP contribution in [0, 0.1) is 5.92 Å². The first-order valence-corrected chi connectivity index (χ1v) is 2.99. The van der Waals surface area contributed by atoms with Crippen LogP contribution in [0.5, 0.6) is 0 Å². The number of hydrogen-bond donors (Lipinski definition) is 0. The zero-order valence-corrected chi connectivity index (χ0v) is 5.36. The normalized spacial score (nSPS) is 23.6. The van der Waals surface area contributed by atoms with Crippen molar-refractivity contribution in [3.8, 4) is 0 Å². The highest BCUT2D eigenvalue weighted by Crippen LogP contribution is 2.13. The van der Waals surface area contributed by atoms with Crippen LogP contribution in [0.1, 0.15) is 6.42 Å². The van der Waals surface area contributed by atoms with Gasteiger partial charge >= 0.3 is 5.97 Å². The SMILES string of the molecule is [N-]=[N+]=NCC1COC(=O)C1. The van der Waals surface area contributed by atoms with Gasteiger partial charge in [-0.1, -0.05) is 5.11 Å². The Morgan fingerprint density at radius 2 is 2.70 bits per heavy atom. The third-order valence-corrected chi connectivity index (χ3v) is 1.34. The van der Waals surface area contributed by atoms with Gasteiger partial charge in [0.1, 0.15) is 0 Å². The molecule has 0 spiro atoms. The van der Waals surface area contributed by atoms with E-state index in [0.29, 0.717) is 19.6 Å². The Hall–Kier alpha value is -1.22. The third kappa shape index (κ3) is 1.63. The fourth-order valence-corrected chi connectivity index (χ4v) is 0.834. The minimum atomic E-state index is -0.196. The second-order valence-electron chi connectivity index (χ2n) is 2.17. The Balaban J connectivity index is 2.31. The van der Waals surface area contributed by atoms with Crippen molar-refractivity contribution in [2.45, 2.75) is 6.42 Å². The molecule has 10 heavy (non-hydrogen) atoms. The lowest BCUT2D eigenvalue weighted by atomic mass is 10.1. The van der Waals surface area contributed by atoms with E-state index in [4.69, 9.17) is 5.53 Å². The molecule has 1 fully saturated rings. The minimum Gasteiger partial charge on any atom is -0.465 e. The molecule has 5 heteroatoms. The van der Waals surface area contributed by atoms with E-state index in [2.05, 4.69) is 14.8 Å². The Morgan fingerprint density at radius 1 is 1.90 bits per heavy atom. The van der Waals surface area contributed by atoms with E-state index in [1.165, 1.54) is 0 Å². The van der Waals surface area contributed by atoms with Crippen molar-refractivity contribution < 1.29 is 9.53 Å². The zero-order valence-electron chi connectivity index (χ0n) is 5.36. The van der Waals surface area contributed by atoms with Crippen LogP contribution in [0.15, 0.2) is 5.11 Å². The van der Waals surface area contributed by atoms with Crippen LogP contribution >= 0.6 is 0 Å². The summed E-state index contributed by atoms with van der Waals surface area (Å²) in [6, 6.07) is 0. The highest BCUT2D eigenvalue weighted by molar-refractivity contribution is 5.71. The summed E-state index contributed by atoms with van der Waals surface area (Å²) in [5, 5.41) is 3.34.